The van der Waals surface area contributed by atoms with Crippen molar-refractivity contribution in [3.63, 3.8) is 0 Å². The largest absolute Gasteiger partial charge is 0.364 e. The van der Waals surface area contributed by atoms with E-state index in [0.29, 0.717) is 10.8 Å². The number of fused-ring (bicyclic) bond motifs is 1. The quantitative estimate of drug-likeness (QED) is 0.517. The van der Waals surface area contributed by atoms with Crippen LogP contribution in [0.5, 0.6) is 0 Å². The molecule has 6 heteroatoms. The number of nitrogens with zero attached hydrogens (tertiary/aromatic N) is 1. The van der Waals surface area contributed by atoms with Crippen LogP contribution in [0.1, 0.15) is 0 Å². The van der Waals surface area contributed by atoms with Gasteiger partial charge in [-0.05, 0) is 12.2 Å². The molecule has 0 saturated carbocycles. The van der Waals surface area contributed by atoms with Crippen molar-refractivity contribution < 1.29 is 0 Å². The zero-order valence-electron chi connectivity index (χ0n) is 8.98. The van der Waals surface area contributed by atoms with Crippen molar-refractivity contribution in [1.29, 1.82) is 0 Å². The van der Waals surface area contributed by atoms with E-state index in [1.54, 1.807) is 31.3 Å². The van der Waals surface area contributed by atoms with Crippen molar-refractivity contribution in [3.05, 3.63) is 50.1 Å². The molecule has 0 aromatic heterocycles. The Kier molecular flexibility index (Phi) is 2.97. The second-order valence-electron chi connectivity index (χ2n) is 3.36. The third-order valence-electron chi connectivity index (χ3n) is 2.34. The molecule has 17 heavy (non-hydrogen) atoms. The summed E-state index contributed by atoms with van der Waals surface area (Å²) in [7, 11) is 1.61. The number of hydrogen-bond acceptors (Lipinski definition) is 4. The average Bonchev–Trinajstić information content (AvgIpc) is 2.60. The highest BCUT2D eigenvalue weighted by molar-refractivity contribution is 7.80. The Bertz CT molecular complexity index is 679. The lowest BCUT2D eigenvalue weighted by Gasteiger charge is -1.97. The van der Waals surface area contributed by atoms with Crippen LogP contribution in [-0.2, 0) is 0 Å². The van der Waals surface area contributed by atoms with Crippen LogP contribution in [0, 0.1) is 0 Å². The van der Waals surface area contributed by atoms with Gasteiger partial charge in [-0.25, -0.2) is 0 Å². The van der Waals surface area contributed by atoms with Crippen LogP contribution >= 0.6 is 12.2 Å². The third-order valence-corrected chi connectivity index (χ3v) is 2.64. The van der Waals surface area contributed by atoms with Crippen molar-refractivity contribution in [1.82, 2.24) is 10.7 Å². The highest BCUT2D eigenvalue weighted by Crippen LogP contribution is 2.01. The van der Waals surface area contributed by atoms with Crippen LogP contribution in [0.15, 0.2) is 39.0 Å². The fourth-order valence-corrected chi connectivity index (χ4v) is 1.55. The predicted octanol–water partition coefficient (Wildman–Crippen LogP) is -0.655. The van der Waals surface area contributed by atoms with Crippen LogP contribution < -0.4 is 27.0 Å². The Morgan fingerprint density at radius 3 is 2.18 bits per heavy atom. The van der Waals surface area contributed by atoms with Gasteiger partial charge in [0.15, 0.2) is 10.5 Å². The molecule has 0 radical (unpaired) electrons. The van der Waals surface area contributed by atoms with Gasteiger partial charge in [-0.15, -0.1) is 0 Å². The van der Waals surface area contributed by atoms with Gasteiger partial charge in [-0.2, -0.15) is 5.10 Å². The van der Waals surface area contributed by atoms with Gasteiger partial charge in [0.05, 0.1) is 0 Å². The van der Waals surface area contributed by atoms with E-state index >= 15 is 0 Å². The van der Waals surface area contributed by atoms with E-state index < -0.39 is 0 Å². The predicted molar refractivity (Wildman–Crippen MR) is 69.2 cm³/mol. The number of hydrogen-bond donors (Lipinski definition) is 2. The van der Waals surface area contributed by atoms with Gasteiger partial charge in [0, 0.05) is 17.8 Å². The Hall–Kier alpha value is -2.08. The van der Waals surface area contributed by atoms with E-state index in [0.717, 1.165) is 0 Å². The molecule has 2 N–H and O–H groups in total. The maximum atomic E-state index is 11.9. The molecule has 0 spiro atoms. The second kappa shape index (κ2) is 4.42. The average molecular weight is 247 g/mol. The van der Waals surface area contributed by atoms with Crippen molar-refractivity contribution >= 4 is 28.1 Å². The summed E-state index contributed by atoms with van der Waals surface area (Å²) >= 11 is 4.80. The van der Waals surface area contributed by atoms with Gasteiger partial charge in [0.2, 0.25) is 10.9 Å². The minimum atomic E-state index is -0.378. The molecule has 0 aliphatic heterocycles. The van der Waals surface area contributed by atoms with Gasteiger partial charge in [0.1, 0.15) is 0 Å². The molecular formula is C11H9N3O2S. The molecule has 0 unspecified atom stereocenters. The topological polar surface area (TPSA) is 70.6 Å². The molecule has 5 nitrogen and oxygen atoms in total. The summed E-state index contributed by atoms with van der Waals surface area (Å²) in [6.07, 6.45) is 0. The molecule has 2 aromatic carbocycles. The van der Waals surface area contributed by atoms with Crippen molar-refractivity contribution in [2.24, 2.45) is 5.10 Å². The number of nitrogens with one attached hydrogen (secondary N) is 2. The van der Waals surface area contributed by atoms with Crippen molar-refractivity contribution in [2.75, 3.05) is 7.05 Å². The van der Waals surface area contributed by atoms with E-state index in [2.05, 4.69) is 15.8 Å². The monoisotopic (exact) mass is 247 g/mol. The fourth-order valence-electron chi connectivity index (χ4n) is 1.50. The van der Waals surface area contributed by atoms with E-state index in [4.69, 9.17) is 12.2 Å². The SMILES string of the molecule is CNC(=S)NN=c1c(=O)c2ccccc2c1=O. The van der Waals surface area contributed by atoms with Crippen LogP contribution in [0.25, 0.3) is 10.8 Å². The van der Waals surface area contributed by atoms with Gasteiger partial charge in [0.25, 0.3) is 0 Å². The first-order chi connectivity index (χ1) is 8.15. The zero-order chi connectivity index (χ0) is 12.4. The summed E-state index contributed by atoms with van der Waals surface area (Å²) < 4.78 is 0. The van der Waals surface area contributed by atoms with Crippen LogP contribution in [0.4, 0.5) is 0 Å². The molecule has 0 atom stereocenters. The molecule has 2 aromatic rings. The van der Waals surface area contributed by atoms with Crippen LogP contribution in [-0.4, -0.2) is 12.2 Å². The molecule has 0 fully saturated rings. The van der Waals surface area contributed by atoms with E-state index in [-0.39, 0.29) is 21.3 Å². The van der Waals surface area contributed by atoms with Gasteiger partial charge in [-0.1, -0.05) is 24.3 Å². The lowest BCUT2D eigenvalue weighted by molar-refractivity contribution is 0.926. The maximum Gasteiger partial charge on any atom is 0.217 e. The molecule has 2 rings (SSSR count). The second-order valence-corrected chi connectivity index (χ2v) is 3.76. The molecule has 0 aliphatic carbocycles. The summed E-state index contributed by atoms with van der Waals surface area (Å²) in [5.41, 5.74) is 1.68. The number of rotatable bonds is 1. The minimum absolute atomic E-state index is 0.135. The molecule has 0 aliphatic rings. The third kappa shape index (κ3) is 1.94. The number of thiocarbonyl (C=S) groups is 1. The van der Waals surface area contributed by atoms with Gasteiger partial charge in [-0.3, -0.25) is 15.0 Å². The van der Waals surface area contributed by atoms with Crippen molar-refractivity contribution in [3.8, 4) is 0 Å². The van der Waals surface area contributed by atoms with E-state index in [9.17, 15) is 9.59 Å². The Labute approximate surface area is 101 Å². The van der Waals surface area contributed by atoms with Crippen LogP contribution in [0.3, 0.4) is 0 Å². The molecule has 0 amide bonds. The maximum absolute atomic E-state index is 11.9. The summed E-state index contributed by atoms with van der Waals surface area (Å²) in [4.78, 5) is 23.7. The summed E-state index contributed by atoms with van der Waals surface area (Å²) in [5.74, 6) is 0. The Morgan fingerprint density at radius 2 is 1.71 bits per heavy atom. The van der Waals surface area contributed by atoms with Crippen molar-refractivity contribution in [2.45, 2.75) is 0 Å². The highest BCUT2D eigenvalue weighted by Gasteiger charge is 2.09. The molecule has 0 saturated heterocycles. The first kappa shape index (κ1) is 11.4. The standard InChI is InChI=1S/C11H9N3O2S/c1-12-11(17)14-13-8-9(15)6-4-2-3-5-7(6)10(8)16/h2-5H,1H3,(H2,12,14,17). The first-order valence-corrected chi connectivity index (χ1v) is 5.30. The minimum Gasteiger partial charge on any atom is -0.364 e. The van der Waals surface area contributed by atoms with Gasteiger partial charge >= 0.3 is 0 Å². The Morgan fingerprint density at radius 1 is 1.18 bits per heavy atom. The lowest BCUT2D eigenvalue weighted by Crippen LogP contribution is -2.38. The molecule has 86 valence electrons. The van der Waals surface area contributed by atoms with Gasteiger partial charge < -0.3 is 5.32 Å². The number of benzene rings is 1. The molecule has 0 bridgehead atoms. The normalized spacial score (nSPS) is 10.2. The first-order valence-electron chi connectivity index (χ1n) is 4.89. The molecule has 0 heterocycles. The summed E-state index contributed by atoms with van der Waals surface area (Å²) in [5, 5.41) is 7.24. The summed E-state index contributed by atoms with van der Waals surface area (Å²) in [6, 6.07) is 6.63. The molecular weight excluding hydrogens is 238 g/mol. The van der Waals surface area contributed by atoms with E-state index in [1.165, 1.54) is 0 Å². The van der Waals surface area contributed by atoms with E-state index in [1.807, 2.05) is 0 Å². The highest BCUT2D eigenvalue weighted by atomic mass is 32.1. The smallest absolute Gasteiger partial charge is 0.217 e. The lowest BCUT2D eigenvalue weighted by atomic mass is 10.2. The zero-order valence-corrected chi connectivity index (χ0v) is 9.80. The Balaban J connectivity index is 2.67. The van der Waals surface area contributed by atoms with Crippen LogP contribution in [0.2, 0.25) is 0 Å². The fraction of sp³-hybridized carbons (Fsp3) is 0.0909. The summed E-state index contributed by atoms with van der Waals surface area (Å²) in [6.45, 7) is 0.